The predicted octanol–water partition coefficient (Wildman–Crippen LogP) is 3.37. The molecule has 1 nitrogen and oxygen atoms in total. The Balaban J connectivity index is 1.79. The van der Waals surface area contributed by atoms with Crippen molar-refractivity contribution in [3.63, 3.8) is 0 Å². The van der Waals surface area contributed by atoms with Crippen LogP contribution in [0.15, 0.2) is 12.7 Å². The highest BCUT2D eigenvalue weighted by Crippen LogP contribution is 2.50. The molecule has 0 heterocycles. The lowest BCUT2D eigenvalue weighted by Gasteiger charge is -2.05. The largest absolute Gasteiger partial charge is 0.316 e. The van der Waals surface area contributed by atoms with Gasteiger partial charge in [0, 0.05) is 0 Å². The monoisotopic (exact) mass is 195 g/mol. The van der Waals surface area contributed by atoms with Gasteiger partial charge in [0.05, 0.1) is 0 Å². The normalized spacial score (nSPS) is 23.4. The molecule has 0 aromatic heterocycles. The summed E-state index contributed by atoms with van der Waals surface area (Å²) in [4.78, 5) is 0. The van der Waals surface area contributed by atoms with Crippen LogP contribution < -0.4 is 5.32 Å². The average molecular weight is 195 g/mol. The summed E-state index contributed by atoms with van der Waals surface area (Å²) in [5.74, 6) is 0.940. The molecule has 1 atom stereocenters. The van der Waals surface area contributed by atoms with Crippen molar-refractivity contribution in [2.75, 3.05) is 13.1 Å². The van der Waals surface area contributed by atoms with E-state index in [0.29, 0.717) is 5.41 Å². The molecule has 0 aromatic rings. The van der Waals surface area contributed by atoms with Crippen LogP contribution >= 0.6 is 0 Å². The molecule has 0 radical (unpaired) electrons. The van der Waals surface area contributed by atoms with Gasteiger partial charge in [-0.3, -0.25) is 0 Å². The van der Waals surface area contributed by atoms with E-state index in [2.05, 4.69) is 25.7 Å². The minimum atomic E-state index is 0.635. The van der Waals surface area contributed by atoms with Crippen LogP contribution in [0.5, 0.6) is 0 Å². The van der Waals surface area contributed by atoms with E-state index >= 15 is 0 Å². The van der Waals surface area contributed by atoms with Crippen molar-refractivity contribution in [3.05, 3.63) is 12.7 Å². The van der Waals surface area contributed by atoms with Gasteiger partial charge in [-0.1, -0.05) is 26.3 Å². The maximum Gasteiger partial charge on any atom is -0.00152 e. The fraction of sp³-hybridized carbons (Fsp3) is 0.846. The summed E-state index contributed by atoms with van der Waals surface area (Å²) in [5, 5.41) is 3.55. The third-order valence-corrected chi connectivity index (χ3v) is 3.37. The molecule has 0 aromatic carbocycles. The molecule has 0 aliphatic heterocycles. The SMILES string of the molecule is C=CCCCCCNCC1CC1(C)C. The number of unbranched alkanes of at least 4 members (excludes halogenated alkanes) is 3. The second-order valence-electron chi connectivity index (χ2n) is 5.23. The van der Waals surface area contributed by atoms with Crippen molar-refractivity contribution >= 4 is 0 Å². The molecule has 0 bridgehead atoms. The maximum absolute atomic E-state index is 3.73. The van der Waals surface area contributed by atoms with Crippen LogP contribution in [0.4, 0.5) is 0 Å². The molecule has 1 aliphatic rings. The van der Waals surface area contributed by atoms with Crippen molar-refractivity contribution in [2.45, 2.75) is 46.0 Å². The van der Waals surface area contributed by atoms with Crippen molar-refractivity contribution in [3.8, 4) is 0 Å². The molecule has 1 heteroatoms. The van der Waals surface area contributed by atoms with E-state index in [1.807, 2.05) is 6.08 Å². The molecular formula is C13H25N. The van der Waals surface area contributed by atoms with Crippen LogP contribution in [-0.4, -0.2) is 13.1 Å². The van der Waals surface area contributed by atoms with E-state index in [1.54, 1.807) is 0 Å². The Labute approximate surface area is 89.0 Å². The lowest BCUT2D eigenvalue weighted by molar-refractivity contribution is 0.509. The number of hydrogen-bond acceptors (Lipinski definition) is 1. The molecule has 1 unspecified atom stereocenters. The molecule has 0 saturated heterocycles. The average Bonchev–Trinajstić information content (AvgIpc) is 2.73. The standard InChI is InChI=1S/C13H25N/c1-4-5-6-7-8-9-14-11-12-10-13(12,2)3/h4,12,14H,1,5-11H2,2-3H3. The summed E-state index contributed by atoms with van der Waals surface area (Å²) in [6.07, 6.45) is 8.57. The number of rotatable bonds is 8. The highest BCUT2D eigenvalue weighted by molar-refractivity contribution is 4.95. The molecule has 0 spiro atoms. The fourth-order valence-electron chi connectivity index (χ4n) is 1.92. The highest BCUT2D eigenvalue weighted by Gasteiger charge is 2.44. The van der Waals surface area contributed by atoms with E-state index < -0.39 is 0 Å². The van der Waals surface area contributed by atoms with E-state index in [9.17, 15) is 0 Å². The van der Waals surface area contributed by atoms with Gasteiger partial charge in [-0.2, -0.15) is 0 Å². The molecule has 1 rings (SSSR count). The van der Waals surface area contributed by atoms with Crippen molar-refractivity contribution in [1.82, 2.24) is 5.32 Å². The number of hydrogen-bond donors (Lipinski definition) is 1. The van der Waals surface area contributed by atoms with Gasteiger partial charge in [0.25, 0.3) is 0 Å². The molecule has 1 N–H and O–H groups in total. The Kier molecular flexibility index (Phi) is 4.67. The van der Waals surface area contributed by atoms with Crippen LogP contribution in [0.2, 0.25) is 0 Å². The van der Waals surface area contributed by atoms with Gasteiger partial charge in [-0.25, -0.2) is 0 Å². The predicted molar refractivity (Wildman–Crippen MR) is 63.4 cm³/mol. The quantitative estimate of drug-likeness (QED) is 0.462. The van der Waals surface area contributed by atoms with Crippen LogP contribution in [0.1, 0.15) is 46.0 Å². The van der Waals surface area contributed by atoms with Gasteiger partial charge in [0.2, 0.25) is 0 Å². The van der Waals surface area contributed by atoms with Gasteiger partial charge >= 0.3 is 0 Å². The first-order valence-electron chi connectivity index (χ1n) is 5.98. The third-order valence-electron chi connectivity index (χ3n) is 3.37. The van der Waals surface area contributed by atoms with Crippen LogP contribution in [0, 0.1) is 11.3 Å². The second kappa shape index (κ2) is 5.55. The zero-order valence-corrected chi connectivity index (χ0v) is 9.81. The first-order valence-corrected chi connectivity index (χ1v) is 5.98. The highest BCUT2D eigenvalue weighted by atomic mass is 14.9. The first kappa shape index (κ1) is 11.8. The summed E-state index contributed by atoms with van der Waals surface area (Å²) in [5.41, 5.74) is 0.635. The van der Waals surface area contributed by atoms with Gasteiger partial charge in [0.1, 0.15) is 0 Å². The van der Waals surface area contributed by atoms with Crippen LogP contribution in [-0.2, 0) is 0 Å². The van der Waals surface area contributed by atoms with Crippen molar-refractivity contribution in [2.24, 2.45) is 11.3 Å². The minimum Gasteiger partial charge on any atom is -0.316 e. The third kappa shape index (κ3) is 4.28. The summed E-state index contributed by atoms with van der Waals surface area (Å²) in [6.45, 7) is 10.9. The smallest absolute Gasteiger partial charge is 0.00152 e. The van der Waals surface area contributed by atoms with Gasteiger partial charge in [-0.05, 0) is 50.1 Å². The van der Waals surface area contributed by atoms with E-state index in [0.717, 1.165) is 5.92 Å². The molecule has 14 heavy (non-hydrogen) atoms. The van der Waals surface area contributed by atoms with Crippen molar-refractivity contribution in [1.29, 1.82) is 0 Å². The Hall–Kier alpha value is -0.300. The molecule has 82 valence electrons. The Morgan fingerprint density at radius 2 is 2.07 bits per heavy atom. The zero-order chi connectivity index (χ0) is 10.4. The summed E-state index contributed by atoms with van der Waals surface area (Å²) >= 11 is 0. The Morgan fingerprint density at radius 1 is 1.36 bits per heavy atom. The molecule has 0 amide bonds. The van der Waals surface area contributed by atoms with Crippen molar-refractivity contribution < 1.29 is 0 Å². The van der Waals surface area contributed by atoms with E-state index in [1.165, 1.54) is 45.2 Å². The summed E-state index contributed by atoms with van der Waals surface area (Å²) in [6, 6.07) is 0. The zero-order valence-electron chi connectivity index (χ0n) is 9.81. The first-order chi connectivity index (χ1) is 6.67. The fourth-order valence-corrected chi connectivity index (χ4v) is 1.92. The number of nitrogens with one attached hydrogen (secondary N) is 1. The molecule has 1 fully saturated rings. The van der Waals surface area contributed by atoms with E-state index in [4.69, 9.17) is 0 Å². The van der Waals surface area contributed by atoms with Crippen LogP contribution in [0.25, 0.3) is 0 Å². The summed E-state index contributed by atoms with van der Waals surface area (Å²) in [7, 11) is 0. The maximum atomic E-state index is 3.73. The van der Waals surface area contributed by atoms with Crippen LogP contribution in [0.3, 0.4) is 0 Å². The lowest BCUT2D eigenvalue weighted by Crippen LogP contribution is -2.19. The van der Waals surface area contributed by atoms with Gasteiger partial charge < -0.3 is 5.32 Å². The Bertz CT molecular complexity index is 172. The topological polar surface area (TPSA) is 12.0 Å². The Morgan fingerprint density at radius 3 is 2.64 bits per heavy atom. The molecular weight excluding hydrogens is 170 g/mol. The van der Waals surface area contributed by atoms with Gasteiger partial charge in [0.15, 0.2) is 0 Å². The lowest BCUT2D eigenvalue weighted by atomic mass is 10.1. The molecule has 1 saturated carbocycles. The number of allylic oxidation sites excluding steroid dienone is 1. The molecule has 1 aliphatic carbocycles. The summed E-state index contributed by atoms with van der Waals surface area (Å²) < 4.78 is 0. The second-order valence-corrected chi connectivity index (χ2v) is 5.23. The van der Waals surface area contributed by atoms with Gasteiger partial charge in [-0.15, -0.1) is 6.58 Å². The van der Waals surface area contributed by atoms with E-state index in [-0.39, 0.29) is 0 Å². The minimum absolute atomic E-state index is 0.635.